The molecule has 0 saturated carbocycles. The van der Waals surface area contributed by atoms with Crippen molar-refractivity contribution in [1.82, 2.24) is 0 Å². The minimum absolute atomic E-state index is 0.124. The zero-order valence-corrected chi connectivity index (χ0v) is 18.3. The van der Waals surface area contributed by atoms with E-state index in [-0.39, 0.29) is 22.6 Å². The lowest BCUT2D eigenvalue weighted by molar-refractivity contribution is -0.132. The van der Waals surface area contributed by atoms with E-state index in [0.29, 0.717) is 17.1 Å². The fourth-order valence-electron chi connectivity index (χ4n) is 4.00. The van der Waals surface area contributed by atoms with Gasteiger partial charge in [0.15, 0.2) is 0 Å². The lowest BCUT2D eigenvalue weighted by atomic mass is 9.94. The molecule has 1 N–H and O–H groups in total. The van der Waals surface area contributed by atoms with E-state index in [1.807, 2.05) is 6.92 Å². The number of ketones is 1. The number of methoxy groups -OCH3 is 2. The van der Waals surface area contributed by atoms with Crippen molar-refractivity contribution < 1.29 is 28.6 Å². The number of hydrogen-bond donors (Lipinski definition) is 1. The Balaban J connectivity index is 2.00. The lowest BCUT2D eigenvalue weighted by Crippen LogP contribution is -2.29. The van der Waals surface area contributed by atoms with E-state index in [9.17, 15) is 19.1 Å². The second-order valence-electron chi connectivity index (χ2n) is 7.63. The number of aryl methyl sites for hydroxylation is 1. The molecular weight excluding hydrogens is 425 g/mol. The minimum Gasteiger partial charge on any atom is -0.507 e. The molecule has 33 heavy (non-hydrogen) atoms. The van der Waals surface area contributed by atoms with E-state index in [2.05, 4.69) is 0 Å². The topological polar surface area (TPSA) is 76.1 Å². The SMILES string of the molecule is COc1cccc(C2/C(=C(\O)c3cc(C)ccc3OC)C(=O)C(=O)N2c2cccc(F)c2)c1. The van der Waals surface area contributed by atoms with Gasteiger partial charge in [0, 0.05) is 5.69 Å². The Kier molecular flexibility index (Phi) is 5.87. The number of nitrogens with zero attached hydrogens (tertiary/aromatic N) is 1. The molecule has 0 aromatic heterocycles. The molecule has 4 rings (SSSR count). The number of amides is 1. The van der Waals surface area contributed by atoms with Gasteiger partial charge in [0.2, 0.25) is 0 Å². The summed E-state index contributed by atoms with van der Waals surface area (Å²) in [6, 6.07) is 16.4. The molecular formula is C26H22FNO5. The summed E-state index contributed by atoms with van der Waals surface area (Å²) < 4.78 is 24.7. The molecule has 0 spiro atoms. The van der Waals surface area contributed by atoms with Crippen molar-refractivity contribution in [1.29, 1.82) is 0 Å². The van der Waals surface area contributed by atoms with Crippen LogP contribution in [0.1, 0.15) is 22.7 Å². The Morgan fingerprint density at radius 3 is 2.42 bits per heavy atom. The standard InChI is InChI=1S/C26H22FNO5/c1-15-10-11-21(33-3)20(12-15)24(29)22-23(16-6-4-9-19(13-16)32-2)28(26(31)25(22)30)18-8-5-7-17(27)14-18/h4-14,23,29H,1-3H3/b24-22+. The molecule has 0 radical (unpaired) electrons. The first-order valence-corrected chi connectivity index (χ1v) is 10.2. The van der Waals surface area contributed by atoms with Gasteiger partial charge in [-0.25, -0.2) is 4.39 Å². The van der Waals surface area contributed by atoms with E-state index in [4.69, 9.17) is 9.47 Å². The van der Waals surface area contributed by atoms with Gasteiger partial charge in [-0.2, -0.15) is 0 Å². The summed E-state index contributed by atoms with van der Waals surface area (Å²) in [6.45, 7) is 1.83. The van der Waals surface area contributed by atoms with E-state index in [1.165, 1.54) is 43.4 Å². The van der Waals surface area contributed by atoms with Crippen LogP contribution >= 0.6 is 0 Å². The highest BCUT2D eigenvalue weighted by Crippen LogP contribution is 2.44. The molecule has 1 aliphatic heterocycles. The first-order valence-electron chi connectivity index (χ1n) is 10.2. The van der Waals surface area contributed by atoms with Gasteiger partial charge in [-0.15, -0.1) is 0 Å². The number of carbonyl (C=O) groups excluding carboxylic acids is 2. The van der Waals surface area contributed by atoms with Crippen molar-refractivity contribution in [2.75, 3.05) is 19.1 Å². The molecule has 1 aliphatic rings. The normalized spacial score (nSPS) is 17.3. The van der Waals surface area contributed by atoms with E-state index in [0.717, 1.165) is 5.56 Å². The summed E-state index contributed by atoms with van der Waals surface area (Å²) in [5.74, 6) is -1.83. The van der Waals surface area contributed by atoms with Crippen LogP contribution < -0.4 is 14.4 Å². The van der Waals surface area contributed by atoms with Gasteiger partial charge < -0.3 is 14.6 Å². The average Bonchev–Trinajstić information content (AvgIpc) is 3.09. The summed E-state index contributed by atoms with van der Waals surface area (Å²) in [5.41, 5.74) is 1.70. The molecule has 3 aromatic carbocycles. The Bertz CT molecular complexity index is 1280. The van der Waals surface area contributed by atoms with Gasteiger partial charge in [-0.05, 0) is 55.0 Å². The smallest absolute Gasteiger partial charge is 0.300 e. The maximum Gasteiger partial charge on any atom is 0.300 e. The fraction of sp³-hybridized carbons (Fsp3) is 0.154. The zero-order valence-electron chi connectivity index (χ0n) is 18.3. The summed E-state index contributed by atoms with van der Waals surface area (Å²) in [6.07, 6.45) is 0. The number of Topliss-reactive ketones (excluding diaryl/α,β-unsaturated/α-hetero) is 1. The van der Waals surface area contributed by atoms with Crippen molar-refractivity contribution in [3.05, 3.63) is 94.8 Å². The van der Waals surface area contributed by atoms with Crippen LogP contribution in [0, 0.1) is 12.7 Å². The molecule has 168 valence electrons. The highest BCUT2D eigenvalue weighted by atomic mass is 19.1. The molecule has 3 aromatic rings. The number of anilines is 1. The van der Waals surface area contributed by atoms with Crippen LogP contribution in [0.5, 0.6) is 11.5 Å². The molecule has 1 unspecified atom stereocenters. The fourth-order valence-corrected chi connectivity index (χ4v) is 4.00. The van der Waals surface area contributed by atoms with Gasteiger partial charge in [0.05, 0.1) is 31.4 Å². The van der Waals surface area contributed by atoms with Gasteiger partial charge in [-0.3, -0.25) is 14.5 Å². The van der Waals surface area contributed by atoms with Crippen LogP contribution in [-0.4, -0.2) is 31.0 Å². The number of hydrogen-bond acceptors (Lipinski definition) is 5. The van der Waals surface area contributed by atoms with Crippen LogP contribution in [0.25, 0.3) is 5.76 Å². The van der Waals surface area contributed by atoms with Gasteiger partial charge >= 0.3 is 0 Å². The third kappa shape index (κ3) is 3.93. The van der Waals surface area contributed by atoms with Crippen molar-refractivity contribution in [3.8, 4) is 11.5 Å². The number of aliphatic hydroxyl groups excluding tert-OH is 1. The third-order valence-corrected chi connectivity index (χ3v) is 5.55. The average molecular weight is 447 g/mol. The highest BCUT2D eigenvalue weighted by molar-refractivity contribution is 6.51. The Morgan fingerprint density at radius 2 is 1.73 bits per heavy atom. The van der Waals surface area contributed by atoms with E-state index < -0.39 is 23.5 Å². The molecule has 1 amide bonds. The third-order valence-electron chi connectivity index (χ3n) is 5.55. The molecule has 1 heterocycles. The van der Waals surface area contributed by atoms with Crippen molar-refractivity contribution in [2.24, 2.45) is 0 Å². The second kappa shape index (κ2) is 8.78. The van der Waals surface area contributed by atoms with Gasteiger partial charge in [0.1, 0.15) is 23.1 Å². The number of ether oxygens (including phenoxy) is 2. The van der Waals surface area contributed by atoms with Crippen molar-refractivity contribution >= 4 is 23.1 Å². The largest absolute Gasteiger partial charge is 0.507 e. The maximum atomic E-state index is 14.0. The predicted molar refractivity (Wildman–Crippen MR) is 122 cm³/mol. The molecule has 1 atom stereocenters. The summed E-state index contributed by atoms with van der Waals surface area (Å²) in [4.78, 5) is 27.6. The molecule has 0 bridgehead atoms. The first kappa shape index (κ1) is 22.1. The monoisotopic (exact) mass is 447 g/mol. The van der Waals surface area contributed by atoms with Crippen LogP contribution in [0.3, 0.4) is 0 Å². The summed E-state index contributed by atoms with van der Waals surface area (Å²) >= 11 is 0. The quantitative estimate of drug-likeness (QED) is 0.346. The summed E-state index contributed by atoms with van der Waals surface area (Å²) in [7, 11) is 2.95. The van der Waals surface area contributed by atoms with E-state index in [1.54, 1.807) is 42.5 Å². The van der Waals surface area contributed by atoms with Crippen LogP contribution in [0.4, 0.5) is 10.1 Å². The number of aliphatic hydroxyl groups is 1. The second-order valence-corrected chi connectivity index (χ2v) is 7.63. The number of carbonyl (C=O) groups is 2. The first-order chi connectivity index (χ1) is 15.8. The summed E-state index contributed by atoms with van der Waals surface area (Å²) in [5, 5.41) is 11.3. The molecule has 6 nitrogen and oxygen atoms in total. The van der Waals surface area contributed by atoms with Crippen LogP contribution in [0.2, 0.25) is 0 Å². The number of halogens is 1. The van der Waals surface area contributed by atoms with Crippen LogP contribution in [-0.2, 0) is 9.59 Å². The number of benzene rings is 3. The molecule has 1 fully saturated rings. The van der Waals surface area contributed by atoms with Crippen molar-refractivity contribution in [2.45, 2.75) is 13.0 Å². The lowest BCUT2D eigenvalue weighted by Gasteiger charge is -2.26. The van der Waals surface area contributed by atoms with Crippen molar-refractivity contribution in [3.63, 3.8) is 0 Å². The number of rotatable bonds is 5. The molecule has 7 heteroatoms. The maximum absolute atomic E-state index is 14.0. The van der Waals surface area contributed by atoms with Gasteiger partial charge in [-0.1, -0.05) is 29.8 Å². The minimum atomic E-state index is -1.01. The van der Waals surface area contributed by atoms with E-state index >= 15 is 0 Å². The Morgan fingerprint density at radius 1 is 0.970 bits per heavy atom. The molecule has 0 aliphatic carbocycles. The Hall–Kier alpha value is -4.13. The Labute approximate surface area is 190 Å². The molecule has 1 saturated heterocycles. The predicted octanol–water partition coefficient (Wildman–Crippen LogP) is 4.78. The highest BCUT2D eigenvalue weighted by Gasteiger charge is 2.47. The zero-order chi connectivity index (χ0) is 23.7. The van der Waals surface area contributed by atoms with Gasteiger partial charge in [0.25, 0.3) is 11.7 Å². The van der Waals surface area contributed by atoms with Crippen LogP contribution in [0.15, 0.2) is 72.3 Å².